The minimum atomic E-state index is -1.21. The van der Waals surface area contributed by atoms with Gasteiger partial charge in [-0.1, -0.05) is 36.8 Å². The van der Waals surface area contributed by atoms with Gasteiger partial charge >= 0.3 is 5.97 Å². The molecule has 0 aliphatic heterocycles. The van der Waals surface area contributed by atoms with Crippen LogP contribution >= 0.6 is 0 Å². The summed E-state index contributed by atoms with van der Waals surface area (Å²) in [7, 11) is 0. The topological polar surface area (TPSA) is 246 Å². The second-order valence-corrected chi connectivity index (χ2v) is 9.39. The Morgan fingerprint density at radius 2 is 1.26 bits per heavy atom. The lowest BCUT2D eigenvalue weighted by molar-refractivity contribution is -0.142. The van der Waals surface area contributed by atoms with Crippen LogP contribution in [0.3, 0.4) is 0 Å². The zero-order chi connectivity index (χ0) is 29.2. The van der Waals surface area contributed by atoms with Crippen molar-refractivity contribution in [2.45, 2.75) is 82.0 Å². The number of carboxylic acid groups (broad SMARTS) is 1. The van der Waals surface area contributed by atoms with E-state index >= 15 is 0 Å². The normalized spacial score (nSPS) is 13.9. The van der Waals surface area contributed by atoms with Gasteiger partial charge in [-0.05, 0) is 57.2 Å². The second-order valence-electron chi connectivity index (χ2n) is 9.39. The van der Waals surface area contributed by atoms with Gasteiger partial charge in [-0.2, -0.15) is 0 Å². The first-order chi connectivity index (χ1) is 18.6. The van der Waals surface area contributed by atoms with E-state index in [0.717, 1.165) is 0 Å². The van der Waals surface area contributed by atoms with Gasteiger partial charge in [-0.15, -0.1) is 0 Å². The van der Waals surface area contributed by atoms with Crippen molar-refractivity contribution in [2.75, 3.05) is 13.1 Å². The first-order valence-corrected chi connectivity index (χ1v) is 13.2. The minimum Gasteiger partial charge on any atom is -0.480 e. The van der Waals surface area contributed by atoms with E-state index in [2.05, 4.69) is 16.0 Å². The van der Waals surface area contributed by atoms with E-state index in [1.54, 1.807) is 30.3 Å². The third kappa shape index (κ3) is 13.7. The summed E-state index contributed by atoms with van der Waals surface area (Å²) < 4.78 is 0. The lowest BCUT2D eigenvalue weighted by Crippen LogP contribution is -2.57. The Bertz CT molecular complexity index is 931. The fraction of sp³-hybridized carbons (Fsp3) is 0.577. The molecule has 218 valence electrons. The van der Waals surface area contributed by atoms with E-state index in [9.17, 15) is 29.1 Å². The van der Waals surface area contributed by atoms with Crippen LogP contribution in [0.25, 0.3) is 0 Å². The van der Waals surface area contributed by atoms with Gasteiger partial charge < -0.3 is 44.0 Å². The van der Waals surface area contributed by atoms with E-state index in [1.165, 1.54) is 0 Å². The highest BCUT2D eigenvalue weighted by molar-refractivity contribution is 5.94. The van der Waals surface area contributed by atoms with Gasteiger partial charge in [0.2, 0.25) is 23.6 Å². The number of carbonyl (C=O) groups is 5. The SMILES string of the molecule is NCCCC[C@H](NC(=O)[C@H](Cc1ccccc1)NC(=O)[C@H](CCC(N)=O)NC(=O)[C@@H](N)CCCCN)C(=O)O. The molecule has 0 unspecified atom stereocenters. The summed E-state index contributed by atoms with van der Waals surface area (Å²) >= 11 is 0. The molecule has 0 spiro atoms. The zero-order valence-electron chi connectivity index (χ0n) is 22.3. The highest BCUT2D eigenvalue weighted by Gasteiger charge is 2.30. The van der Waals surface area contributed by atoms with Crippen molar-refractivity contribution in [3.63, 3.8) is 0 Å². The predicted molar refractivity (Wildman–Crippen MR) is 146 cm³/mol. The maximum absolute atomic E-state index is 13.3. The fourth-order valence-corrected chi connectivity index (χ4v) is 3.83. The standard InChI is InChI=1S/C26H43N7O6/c27-14-6-4-10-18(29)23(35)31-19(12-13-22(30)34)24(36)33-21(16-17-8-2-1-3-9-17)25(37)32-20(26(38)39)11-5-7-15-28/h1-3,8-9,18-21H,4-7,10-16,27-29H2,(H2,30,34)(H,31,35)(H,32,37)(H,33,36)(H,38,39)/t18-,19-,20-,21-/m0/s1. The molecule has 12 N–H and O–H groups in total. The molecule has 4 atom stereocenters. The average molecular weight is 550 g/mol. The number of aliphatic carboxylic acids is 1. The minimum absolute atomic E-state index is 0.0582. The van der Waals surface area contributed by atoms with Gasteiger partial charge in [-0.25, -0.2) is 4.79 Å². The number of hydrogen-bond acceptors (Lipinski definition) is 8. The number of benzene rings is 1. The van der Waals surface area contributed by atoms with Gasteiger partial charge in [0.05, 0.1) is 6.04 Å². The van der Waals surface area contributed by atoms with E-state index in [1.807, 2.05) is 0 Å². The molecular weight excluding hydrogens is 506 g/mol. The van der Waals surface area contributed by atoms with Gasteiger partial charge in [0.15, 0.2) is 0 Å². The molecular formula is C26H43N7O6. The number of rotatable bonds is 20. The van der Waals surface area contributed by atoms with Crippen LogP contribution in [0.15, 0.2) is 30.3 Å². The van der Waals surface area contributed by atoms with E-state index in [-0.39, 0.29) is 25.7 Å². The average Bonchev–Trinajstić information content (AvgIpc) is 2.90. The van der Waals surface area contributed by atoms with Gasteiger partial charge in [-0.3, -0.25) is 19.2 Å². The molecule has 0 saturated heterocycles. The number of hydrogen-bond donors (Lipinski definition) is 8. The molecule has 0 bridgehead atoms. The Labute approximate surface area is 228 Å². The maximum Gasteiger partial charge on any atom is 0.326 e. The van der Waals surface area contributed by atoms with Crippen molar-refractivity contribution in [1.29, 1.82) is 0 Å². The van der Waals surface area contributed by atoms with Crippen molar-refractivity contribution in [3.8, 4) is 0 Å². The molecule has 1 aromatic rings. The summed E-state index contributed by atoms with van der Waals surface area (Å²) in [6.45, 7) is 0.848. The number of primary amides is 1. The molecule has 1 aromatic carbocycles. The number of amides is 4. The van der Waals surface area contributed by atoms with Crippen LogP contribution in [0.1, 0.15) is 56.9 Å². The summed E-state index contributed by atoms with van der Waals surface area (Å²) in [6.07, 6.45) is 2.68. The Morgan fingerprint density at radius 1 is 0.718 bits per heavy atom. The summed E-state index contributed by atoms with van der Waals surface area (Å²) in [5.41, 5.74) is 22.9. The summed E-state index contributed by atoms with van der Waals surface area (Å²) in [5.74, 6) is -3.91. The van der Waals surface area contributed by atoms with Crippen molar-refractivity contribution < 1.29 is 29.1 Å². The van der Waals surface area contributed by atoms with Crippen molar-refractivity contribution in [3.05, 3.63) is 35.9 Å². The molecule has 1 rings (SSSR count). The van der Waals surface area contributed by atoms with E-state index in [0.29, 0.717) is 50.8 Å². The monoisotopic (exact) mass is 549 g/mol. The van der Waals surface area contributed by atoms with Crippen LogP contribution in [0.4, 0.5) is 0 Å². The molecule has 4 amide bonds. The Balaban J connectivity index is 3.08. The predicted octanol–water partition coefficient (Wildman–Crippen LogP) is -1.38. The summed E-state index contributed by atoms with van der Waals surface area (Å²) in [5, 5.41) is 17.2. The fourth-order valence-electron chi connectivity index (χ4n) is 3.83. The third-order valence-electron chi connectivity index (χ3n) is 6.10. The van der Waals surface area contributed by atoms with Crippen LogP contribution in [-0.2, 0) is 30.4 Å². The second kappa shape index (κ2) is 18.7. The van der Waals surface area contributed by atoms with E-state index in [4.69, 9.17) is 22.9 Å². The molecule has 0 saturated carbocycles. The Kier molecular flexibility index (Phi) is 16.0. The maximum atomic E-state index is 13.3. The lowest BCUT2D eigenvalue weighted by atomic mass is 10.0. The smallest absolute Gasteiger partial charge is 0.326 e. The molecule has 0 aliphatic carbocycles. The number of carbonyl (C=O) groups excluding carboxylic acids is 4. The van der Waals surface area contributed by atoms with E-state index < -0.39 is 53.8 Å². The number of unbranched alkanes of at least 4 members (excludes halogenated alkanes) is 2. The van der Waals surface area contributed by atoms with Crippen LogP contribution in [0.5, 0.6) is 0 Å². The summed E-state index contributed by atoms with van der Waals surface area (Å²) in [6, 6.07) is 4.41. The van der Waals surface area contributed by atoms with Gasteiger partial charge in [0.25, 0.3) is 0 Å². The number of carboxylic acids is 1. The highest BCUT2D eigenvalue weighted by Crippen LogP contribution is 2.08. The largest absolute Gasteiger partial charge is 0.480 e. The molecule has 0 radical (unpaired) electrons. The van der Waals surface area contributed by atoms with Gasteiger partial charge in [0, 0.05) is 12.8 Å². The van der Waals surface area contributed by atoms with Crippen LogP contribution < -0.4 is 38.9 Å². The Morgan fingerprint density at radius 3 is 1.82 bits per heavy atom. The van der Waals surface area contributed by atoms with Crippen LogP contribution in [0, 0.1) is 0 Å². The molecule has 0 heterocycles. The first-order valence-electron chi connectivity index (χ1n) is 13.2. The van der Waals surface area contributed by atoms with Crippen molar-refractivity contribution in [1.82, 2.24) is 16.0 Å². The quantitative estimate of drug-likeness (QED) is 0.0891. The first kappa shape index (κ1) is 33.5. The molecule has 39 heavy (non-hydrogen) atoms. The number of nitrogens with one attached hydrogen (secondary N) is 3. The number of nitrogens with two attached hydrogens (primary N) is 4. The molecule has 0 fully saturated rings. The highest BCUT2D eigenvalue weighted by atomic mass is 16.4. The van der Waals surface area contributed by atoms with Crippen LogP contribution in [-0.4, -0.2) is 72.0 Å². The lowest BCUT2D eigenvalue weighted by Gasteiger charge is -2.25. The van der Waals surface area contributed by atoms with Crippen molar-refractivity contribution >= 4 is 29.6 Å². The zero-order valence-corrected chi connectivity index (χ0v) is 22.3. The van der Waals surface area contributed by atoms with Gasteiger partial charge in [0.1, 0.15) is 18.1 Å². The van der Waals surface area contributed by atoms with Crippen LogP contribution in [0.2, 0.25) is 0 Å². The molecule has 0 aliphatic rings. The molecule has 0 aromatic heterocycles. The Hall–Kier alpha value is -3.55. The summed E-state index contributed by atoms with van der Waals surface area (Å²) in [4.78, 5) is 62.2. The third-order valence-corrected chi connectivity index (χ3v) is 6.10. The molecule has 13 nitrogen and oxygen atoms in total. The van der Waals surface area contributed by atoms with Crippen molar-refractivity contribution in [2.24, 2.45) is 22.9 Å². The molecule has 13 heteroatoms.